The maximum Gasteiger partial charge on any atom is 0.0701 e. The lowest BCUT2D eigenvalue weighted by Gasteiger charge is -2.26. The third-order valence-electron chi connectivity index (χ3n) is 11.7. The SMILES string of the molecule is CC(C)c1ccc2c(c1)C(C)(C)c1cc(-c3ccc4sc5ccc(N(c6ccc(-c7ccccc7)cc6)c6ccc(-c7ccccn7)cc6)cc5c4c3)ccc1-2. The number of hydrogen-bond acceptors (Lipinski definition) is 3. The highest BCUT2D eigenvalue weighted by Crippen LogP contribution is 2.51. The van der Waals surface area contributed by atoms with Crippen molar-refractivity contribution >= 4 is 48.6 Å². The molecule has 2 nitrogen and oxygen atoms in total. The van der Waals surface area contributed by atoms with Gasteiger partial charge in [-0.2, -0.15) is 0 Å². The van der Waals surface area contributed by atoms with Crippen molar-refractivity contribution < 1.29 is 0 Å². The molecule has 0 spiro atoms. The number of pyridine rings is 1. The zero-order valence-electron chi connectivity index (χ0n) is 32.1. The molecule has 0 radical (unpaired) electrons. The topological polar surface area (TPSA) is 16.1 Å². The molecule has 0 bridgehead atoms. The number of anilines is 3. The first kappa shape index (κ1) is 34.2. The van der Waals surface area contributed by atoms with Gasteiger partial charge in [-0.15, -0.1) is 11.3 Å². The second-order valence-electron chi connectivity index (χ2n) is 15.8. The molecule has 56 heavy (non-hydrogen) atoms. The molecule has 1 aliphatic rings. The Bertz CT molecular complexity index is 2800. The summed E-state index contributed by atoms with van der Waals surface area (Å²) in [5.74, 6) is 0.507. The van der Waals surface area contributed by atoms with Gasteiger partial charge in [0.05, 0.1) is 5.69 Å². The van der Waals surface area contributed by atoms with Crippen molar-refractivity contribution in [2.24, 2.45) is 0 Å². The minimum atomic E-state index is -0.0573. The van der Waals surface area contributed by atoms with Crippen LogP contribution in [0.3, 0.4) is 0 Å². The fourth-order valence-electron chi connectivity index (χ4n) is 8.57. The molecule has 2 heterocycles. The molecule has 0 saturated carbocycles. The van der Waals surface area contributed by atoms with Gasteiger partial charge in [-0.25, -0.2) is 0 Å². The van der Waals surface area contributed by atoms with Crippen LogP contribution in [0.4, 0.5) is 17.1 Å². The van der Waals surface area contributed by atoms with E-state index in [0.29, 0.717) is 5.92 Å². The number of thiophene rings is 1. The van der Waals surface area contributed by atoms with Crippen molar-refractivity contribution in [1.82, 2.24) is 4.98 Å². The van der Waals surface area contributed by atoms with Crippen molar-refractivity contribution in [3.8, 4) is 44.6 Å². The standard InChI is InChI=1S/C53H42N2S/c1-34(2)38-17-25-44-45-26-18-40(32-49(45)53(3,4)48(44)31-38)39-19-27-51-46(30-39)47-33-43(24-28-52(47)56-51)55(41-20-13-36(14-21-41)35-10-6-5-7-11-35)42-22-15-37(16-23-42)50-12-8-9-29-54-50/h5-34H,1-4H3. The molecule has 7 aromatic carbocycles. The monoisotopic (exact) mass is 738 g/mol. The Hall–Kier alpha value is -6.29. The Labute approximate surface area is 333 Å². The van der Waals surface area contributed by atoms with E-state index in [1.807, 2.05) is 29.7 Å². The number of rotatable bonds is 7. The van der Waals surface area contributed by atoms with E-state index in [9.17, 15) is 0 Å². The van der Waals surface area contributed by atoms with Gasteiger partial charge < -0.3 is 4.90 Å². The van der Waals surface area contributed by atoms with Crippen molar-refractivity contribution in [2.75, 3.05) is 4.90 Å². The van der Waals surface area contributed by atoms with Gasteiger partial charge in [-0.3, -0.25) is 4.98 Å². The van der Waals surface area contributed by atoms with Crippen LogP contribution in [0.15, 0.2) is 176 Å². The fourth-order valence-corrected chi connectivity index (χ4v) is 9.64. The Morgan fingerprint density at radius 1 is 0.482 bits per heavy atom. The van der Waals surface area contributed by atoms with Gasteiger partial charge in [-0.1, -0.05) is 125 Å². The van der Waals surface area contributed by atoms with Gasteiger partial charge in [0.15, 0.2) is 0 Å². The van der Waals surface area contributed by atoms with Crippen molar-refractivity contribution in [1.29, 1.82) is 0 Å². The quantitative estimate of drug-likeness (QED) is 0.162. The Morgan fingerprint density at radius 3 is 1.73 bits per heavy atom. The van der Waals surface area contributed by atoms with Crippen LogP contribution in [0.2, 0.25) is 0 Å². The average Bonchev–Trinajstić information content (AvgIpc) is 3.72. The summed E-state index contributed by atoms with van der Waals surface area (Å²) in [5.41, 5.74) is 17.2. The highest BCUT2D eigenvalue weighted by Gasteiger charge is 2.36. The predicted octanol–water partition coefficient (Wildman–Crippen LogP) is 15.3. The average molecular weight is 739 g/mol. The molecule has 10 rings (SSSR count). The molecular weight excluding hydrogens is 697 g/mol. The summed E-state index contributed by atoms with van der Waals surface area (Å²) in [6.45, 7) is 9.33. The zero-order chi connectivity index (χ0) is 38.0. The second-order valence-corrected chi connectivity index (χ2v) is 16.9. The van der Waals surface area contributed by atoms with Crippen LogP contribution in [-0.2, 0) is 5.41 Å². The third-order valence-corrected chi connectivity index (χ3v) is 12.9. The molecule has 3 heteroatoms. The van der Waals surface area contributed by atoms with Crippen LogP contribution < -0.4 is 4.90 Å². The smallest absolute Gasteiger partial charge is 0.0701 e. The molecule has 0 unspecified atom stereocenters. The van der Waals surface area contributed by atoms with Gasteiger partial charge in [0, 0.05) is 54.4 Å². The van der Waals surface area contributed by atoms with Crippen LogP contribution >= 0.6 is 11.3 Å². The summed E-state index contributed by atoms with van der Waals surface area (Å²) >= 11 is 1.87. The lowest BCUT2D eigenvalue weighted by Crippen LogP contribution is -2.15. The number of fused-ring (bicyclic) bond motifs is 6. The van der Waals surface area contributed by atoms with Crippen molar-refractivity contribution in [3.05, 3.63) is 193 Å². The Kier molecular flexibility index (Phi) is 8.23. The van der Waals surface area contributed by atoms with E-state index in [1.165, 1.54) is 70.2 Å². The molecule has 9 aromatic rings. The molecule has 0 amide bonds. The highest BCUT2D eigenvalue weighted by atomic mass is 32.1. The number of benzene rings is 7. The zero-order valence-corrected chi connectivity index (χ0v) is 32.9. The van der Waals surface area contributed by atoms with E-state index in [1.54, 1.807) is 0 Å². The van der Waals surface area contributed by atoms with Gasteiger partial charge in [0.1, 0.15) is 0 Å². The first-order valence-electron chi connectivity index (χ1n) is 19.5. The predicted molar refractivity (Wildman–Crippen MR) is 240 cm³/mol. The first-order chi connectivity index (χ1) is 27.3. The van der Waals surface area contributed by atoms with E-state index in [4.69, 9.17) is 0 Å². The normalized spacial score (nSPS) is 12.9. The van der Waals surface area contributed by atoms with Gasteiger partial charge in [0.2, 0.25) is 0 Å². The lowest BCUT2D eigenvalue weighted by atomic mass is 9.80. The molecule has 0 N–H and O–H groups in total. The molecule has 0 fully saturated rings. The van der Waals surface area contributed by atoms with Crippen LogP contribution in [0.5, 0.6) is 0 Å². The first-order valence-corrected chi connectivity index (χ1v) is 20.4. The van der Waals surface area contributed by atoms with Gasteiger partial charge in [-0.05, 0) is 129 Å². The summed E-state index contributed by atoms with van der Waals surface area (Å²) in [6, 6.07) is 62.5. The largest absolute Gasteiger partial charge is 0.310 e. The summed E-state index contributed by atoms with van der Waals surface area (Å²) in [5, 5.41) is 2.56. The van der Waals surface area contributed by atoms with Crippen molar-refractivity contribution in [2.45, 2.75) is 39.0 Å². The molecule has 270 valence electrons. The summed E-state index contributed by atoms with van der Waals surface area (Å²) in [7, 11) is 0. The molecule has 2 aromatic heterocycles. The van der Waals surface area contributed by atoms with E-state index in [-0.39, 0.29) is 5.41 Å². The minimum absolute atomic E-state index is 0.0573. The summed E-state index contributed by atoms with van der Waals surface area (Å²) in [4.78, 5) is 6.96. The van der Waals surface area contributed by atoms with Crippen LogP contribution in [0.25, 0.3) is 64.8 Å². The molecule has 0 saturated heterocycles. The third kappa shape index (κ3) is 5.82. The maximum atomic E-state index is 4.59. The van der Waals surface area contributed by atoms with Crippen LogP contribution in [0, 0.1) is 0 Å². The number of hydrogen-bond donors (Lipinski definition) is 0. The molecule has 0 aliphatic heterocycles. The fraction of sp³-hybridized carbons (Fsp3) is 0.113. The molecule has 0 atom stereocenters. The molecule has 1 aliphatic carbocycles. The van der Waals surface area contributed by atoms with Gasteiger partial charge in [0.25, 0.3) is 0 Å². The number of aromatic nitrogens is 1. The van der Waals surface area contributed by atoms with Crippen LogP contribution in [0.1, 0.15) is 50.3 Å². The minimum Gasteiger partial charge on any atom is -0.310 e. The van der Waals surface area contributed by atoms with E-state index < -0.39 is 0 Å². The van der Waals surface area contributed by atoms with Gasteiger partial charge >= 0.3 is 0 Å². The maximum absolute atomic E-state index is 4.59. The number of nitrogens with zero attached hydrogens (tertiary/aromatic N) is 2. The summed E-state index contributed by atoms with van der Waals surface area (Å²) in [6.07, 6.45) is 1.85. The lowest BCUT2D eigenvalue weighted by molar-refractivity contribution is 0.658. The summed E-state index contributed by atoms with van der Waals surface area (Å²) < 4.78 is 2.59. The Morgan fingerprint density at radius 2 is 1.04 bits per heavy atom. The van der Waals surface area contributed by atoms with E-state index in [0.717, 1.165) is 28.3 Å². The second kappa shape index (κ2) is 13.5. The van der Waals surface area contributed by atoms with Crippen LogP contribution in [-0.4, -0.2) is 4.98 Å². The highest BCUT2D eigenvalue weighted by molar-refractivity contribution is 7.25. The van der Waals surface area contributed by atoms with E-state index in [2.05, 4.69) is 195 Å². The Balaban J connectivity index is 1.06. The van der Waals surface area contributed by atoms with E-state index >= 15 is 0 Å². The van der Waals surface area contributed by atoms with Crippen molar-refractivity contribution in [3.63, 3.8) is 0 Å². The molecular formula is C53H42N2S.